The van der Waals surface area contributed by atoms with Gasteiger partial charge in [0.1, 0.15) is 12.4 Å². The summed E-state index contributed by atoms with van der Waals surface area (Å²) in [6.07, 6.45) is 7.94. The van der Waals surface area contributed by atoms with Crippen molar-refractivity contribution >= 4 is 17.3 Å². The summed E-state index contributed by atoms with van der Waals surface area (Å²) in [6.45, 7) is 3.77. The minimum atomic E-state index is -0.710. The first-order valence-electron chi connectivity index (χ1n) is 12.7. The van der Waals surface area contributed by atoms with Gasteiger partial charge in [-0.3, -0.25) is 9.59 Å². The quantitative estimate of drug-likeness (QED) is 0.613. The highest BCUT2D eigenvalue weighted by Gasteiger charge is 2.64. The Bertz CT molecular complexity index is 1150. The summed E-state index contributed by atoms with van der Waals surface area (Å²) < 4.78 is 0. The molecule has 5 rings (SSSR count). The molecule has 34 heavy (non-hydrogen) atoms. The SMILES string of the molecule is CNc1ccc([C@H]2C[C@@]3(C)[C@@H](CC[C@]3(C#CCO)C(C)=O)[C@@H]3CCC4=CC(=O)CCC4=C32)cc1. The average Bonchev–Trinajstić information content (AvgIpc) is 3.14. The minimum Gasteiger partial charge on any atom is -0.388 e. The number of ketones is 2. The van der Waals surface area contributed by atoms with Crippen LogP contribution in [0.5, 0.6) is 0 Å². The molecule has 2 fully saturated rings. The monoisotopic (exact) mass is 457 g/mol. The van der Waals surface area contributed by atoms with Gasteiger partial charge in [-0.1, -0.05) is 36.5 Å². The first-order valence-corrected chi connectivity index (χ1v) is 12.7. The number of carbonyl (C=O) groups excluding carboxylic acids is 2. The normalized spacial score (nSPS) is 34.3. The predicted molar refractivity (Wildman–Crippen MR) is 134 cm³/mol. The molecule has 4 aliphatic rings. The maximum absolute atomic E-state index is 13.2. The highest BCUT2D eigenvalue weighted by atomic mass is 16.2. The third-order valence-electron chi connectivity index (χ3n) is 9.51. The number of allylic oxidation sites excluding steroid dienone is 4. The highest BCUT2D eigenvalue weighted by Crippen LogP contribution is 2.69. The van der Waals surface area contributed by atoms with Gasteiger partial charge in [-0.2, -0.15) is 0 Å². The van der Waals surface area contributed by atoms with Crippen molar-refractivity contribution < 1.29 is 14.7 Å². The van der Waals surface area contributed by atoms with Gasteiger partial charge in [0.15, 0.2) is 5.78 Å². The van der Waals surface area contributed by atoms with E-state index in [2.05, 4.69) is 48.3 Å². The lowest BCUT2D eigenvalue weighted by Gasteiger charge is -2.54. The van der Waals surface area contributed by atoms with Crippen molar-refractivity contribution in [2.45, 2.75) is 64.7 Å². The van der Waals surface area contributed by atoms with Crippen LogP contribution in [0.15, 0.2) is 47.1 Å². The number of fused-ring (bicyclic) bond motifs is 4. The number of nitrogens with one attached hydrogen (secondary N) is 1. The van der Waals surface area contributed by atoms with E-state index in [1.807, 2.05) is 13.1 Å². The number of hydrogen-bond donors (Lipinski definition) is 2. The number of benzene rings is 1. The van der Waals surface area contributed by atoms with Crippen LogP contribution in [0.4, 0.5) is 5.69 Å². The summed E-state index contributed by atoms with van der Waals surface area (Å²) in [4.78, 5) is 25.4. The van der Waals surface area contributed by atoms with Crippen LogP contribution < -0.4 is 5.32 Å². The molecule has 5 atom stereocenters. The van der Waals surface area contributed by atoms with E-state index in [4.69, 9.17) is 0 Å². The number of Topliss-reactive ketones (excluding diaryl/α,β-unsaturated/α-hetero) is 1. The fourth-order valence-electron chi connectivity index (χ4n) is 7.93. The van der Waals surface area contributed by atoms with Crippen molar-refractivity contribution in [2.75, 3.05) is 19.0 Å². The standard InChI is InChI=1S/C30H35NO3/c1-19(33)30(14-4-16-32)15-13-27-25-11-7-21-17-23(34)10-12-24(21)28(25)26(18-29(27,30)2)20-5-8-22(31-3)9-6-20/h5-6,8-9,17,25-27,31-32H,7,10-13,15-16,18H2,1-3H3/t25-,26+,27-,29-,30+/m0/s1. The number of anilines is 1. The predicted octanol–water partition coefficient (Wildman–Crippen LogP) is 5.20. The molecule has 0 unspecified atom stereocenters. The zero-order chi connectivity index (χ0) is 24.1. The Kier molecular flexibility index (Phi) is 5.81. The molecule has 2 saturated carbocycles. The number of aliphatic hydroxyl groups excluding tert-OH is 1. The second-order valence-electron chi connectivity index (χ2n) is 10.8. The molecule has 2 N–H and O–H groups in total. The second kappa shape index (κ2) is 8.54. The summed E-state index contributed by atoms with van der Waals surface area (Å²) in [5.74, 6) is 7.57. The van der Waals surface area contributed by atoms with Gasteiger partial charge < -0.3 is 10.4 Å². The van der Waals surface area contributed by atoms with Crippen molar-refractivity contribution in [3.8, 4) is 11.8 Å². The molecule has 4 nitrogen and oxygen atoms in total. The lowest BCUT2D eigenvalue weighted by atomic mass is 9.48. The average molecular weight is 458 g/mol. The Hall–Kier alpha value is -2.64. The second-order valence-corrected chi connectivity index (χ2v) is 10.8. The molecule has 0 spiro atoms. The summed E-state index contributed by atoms with van der Waals surface area (Å²) in [6, 6.07) is 8.71. The lowest BCUT2D eigenvalue weighted by molar-refractivity contribution is -0.130. The molecule has 0 aliphatic heterocycles. The van der Waals surface area contributed by atoms with Crippen molar-refractivity contribution in [2.24, 2.45) is 22.7 Å². The summed E-state index contributed by atoms with van der Waals surface area (Å²) in [7, 11) is 1.93. The Balaban J connectivity index is 1.70. The third-order valence-corrected chi connectivity index (χ3v) is 9.51. The van der Waals surface area contributed by atoms with E-state index in [9.17, 15) is 14.7 Å². The van der Waals surface area contributed by atoms with Crippen molar-refractivity contribution in [1.82, 2.24) is 0 Å². The Morgan fingerprint density at radius 2 is 1.94 bits per heavy atom. The van der Waals surface area contributed by atoms with Gasteiger partial charge in [0, 0.05) is 25.1 Å². The van der Waals surface area contributed by atoms with Crippen molar-refractivity contribution in [3.63, 3.8) is 0 Å². The molecule has 0 saturated heterocycles. The molecule has 1 aromatic carbocycles. The molecule has 0 amide bonds. The molecule has 4 aliphatic carbocycles. The van der Waals surface area contributed by atoms with Crippen molar-refractivity contribution in [1.29, 1.82) is 0 Å². The first-order chi connectivity index (χ1) is 16.3. The molecule has 0 aromatic heterocycles. The topological polar surface area (TPSA) is 66.4 Å². The summed E-state index contributed by atoms with van der Waals surface area (Å²) in [5.41, 5.74) is 5.59. The molecule has 178 valence electrons. The van der Waals surface area contributed by atoms with Gasteiger partial charge in [0.2, 0.25) is 0 Å². The summed E-state index contributed by atoms with van der Waals surface area (Å²) >= 11 is 0. The molecular weight excluding hydrogens is 422 g/mol. The largest absolute Gasteiger partial charge is 0.388 e. The van der Waals surface area contributed by atoms with Crippen molar-refractivity contribution in [3.05, 3.63) is 52.6 Å². The van der Waals surface area contributed by atoms with Gasteiger partial charge in [-0.25, -0.2) is 0 Å². The van der Waals surface area contributed by atoms with E-state index in [-0.39, 0.29) is 29.5 Å². The highest BCUT2D eigenvalue weighted by molar-refractivity contribution is 5.93. The van der Waals surface area contributed by atoms with E-state index in [1.165, 1.54) is 22.3 Å². The fraction of sp³-hybridized carbons (Fsp3) is 0.533. The zero-order valence-corrected chi connectivity index (χ0v) is 20.5. The van der Waals surface area contributed by atoms with Crippen LogP contribution in [-0.4, -0.2) is 30.3 Å². The van der Waals surface area contributed by atoms with E-state index in [0.717, 1.165) is 44.2 Å². The van der Waals surface area contributed by atoms with Crippen LogP contribution in [0.2, 0.25) is 0 Å². The van der Waals surface area contributed by atoms with Crippen LogP contribution in [-0.2, 0) is 9.59 Å². The van der Waals surface area contributed by atoms with E-state index in [1.54, 1.807) is 6.92 Å². The van der Waals surface area contributed by atoms with Crippen LogP contribution in [0.3, 0.4) is 0 Å². The Labute approximate surface area is 202 Å². The number of hydrogen-bond acceptors (Lipinski definition) is 4. The lowest BCUT2D eigenvalue weighted by Crippen LogP contribution is -2.50. The maximum atomic E-state index is 13.2. The molecule has 0 heterocycles. The molecule has 4 heteroatoms. The number of aliphatic hydroxyl groups is 1. The number of rotatable bonds is 3. The van der Waals surface area contributed by atoms with Crippen LogP contribution in [0.25, 0.3) is 0 Å². The molecular formula is C30H35NO3. The minimum absolute atomic E-state index is 0.137. The summed E-state index contributed by atoms with van der Waals surface area (Å²) in [5, 5.41) is 12.7. The maximum Gasteiger partial charge on any atom is 0.156 e. The third kappa shape index (κ3) is 3.32. The smallest absolute Gasteiger partial charge is 0.156 e. The van der Waals surface area contributed by atoms with Gasteiger partial charge in [-0.05, 0) is 97.6 Å². The van der Waals surface area contributed by atoms with Gasteiger partial charge in [-0.15, -0.1) is 0 Å². The Morgan fingerprint density at radius 3 is 2.62 bits per heavy atom. The van der Waals surface area contributed by atoms with Crippen LogP contribution in [0, 0.1) is 34.5 Å². The molecule has 1 aromatic rings. The Morgan fingerprint density at radius 1 is 1.18 bits per heavy atom. The van der Waals surface area contributed by atoms with Gasteiger partial charge >= 0.3 is 0 Å². The zero-order valence-electron chi connectivity index (χ0n) is 20.5. The van der Waals surface area contributed by atoms with Crippen LogP contribution >= 0.6 is 0 Å². The number of carbonyl (C=O) groups is 2. The molecule has 0 bridgehead atoms. The first kappa shape index (κ1) is 23.1. The van der Waals surface area contributed by atoms with E-state index >= 15 is 0 Å². The van der Waals surface area contributed by atoms with Crippen LogP contribution in [0.1, 0.15) is 70.3 Å². The van der Waals surface area contributed by atoms with Gasteiger partial charge in [0.05, 0.1) is 5.41 Å². The fourth-order valence-corrected chi connectivity index (χ4v) is 7.93. The molecule has 0 radical (unpaired) electrons. The van der Waals surface area contributed by atoms with E-state index in [0.29, 0.717) is 18.3 Å². The van der Waals surface area contributed by atoms with Gasteiger partial charge in [0.25, 0.3) is 0 Å². The van der Waals surface area contributed by atoms with E-state index < -0.39 is 5.41 Å².